The Hall–Kier alpha value is -3.55. The van der Waals surface area contributed by atoms with Gasteiger partial charge in [-0.1, -0.05) is 31.4 Å². The fourth-order valence-electron chi connectivity index (χ4n) is 6.06. The Morgan fingerprint density at radius 2 is 1.83 bits per heavy atom. The second-order valence-electron chi connectivity index (χ2n) is 13.5. The molecule has 12 nitrogen and oxygen atoms in total. The second-order valence-corrected chi connectivity index (χ2v) is 14.3. The molecule has 1 saturated carbocycles. The van der Waals surface area contributed by atoms with Crippen molar-refractivity contribution in [2.24, 2.45) is 5.92 Å². The van der Waals surface area contributed by atoms with Crippen LogP contribution in [0.4, 0.5) is 4.79 Å². The average molecular weight is 687 g/mol. The first-order chi connectivity index (χ1) is 22.9. The Bertz CT molecular complexity index is 1400. The molecule has 2 aliphatic rings. The first-order valence-electron chi connectivity index (χ1n) is 16.9. The number of amides is 3. The van der Waals surface area contributed by atoms with Crippen LogP contribution >= 0.6 is 11.3 Å². The lowest BCUT2D eigenvalue weighted by molar-refractivity contribution is -0.140. The molecule has 0 radical (unpaired) electrons. The molecule has 2 N–H and O–H groups in total. The fraction of sp³-hybridized carbons (Fsp3) is 0.629. The number of aliphatic hydroxyl groups excluding tert-OH is 1. The van der Waals surface area contributed by atoms with Crippen molar-refractivity contribution in [3.63, 3.8) is 0 Å². The molecule has 0 unspecified atom stereocenters. The van der Waals surface area contributed by atoms with E-state index in [1.54, 1.807) is 57.3 Å². The smallest absolute Gasteiger partial charge is 0.410 e. The van der Waals surface area contributed by atoms with Crippen molar-refractivity contribution in [1.29, 1.82) is 0 Å². The van der Waals surface area contributed by atoms with Crippen molar-refractivity contribution in [2.75, 3.05) is 40.0 Å². The molecule has 264 valence electrons. The summed E-state index contributed by atoms with van der Waals surface area (Å²) in [4.78, 5) is 61.7. The van der Waals surface area contributed by atoms with Gasteiger partial charge in [-0.2, -0.15) is 0 Å². The maximum absolute atomic E-state index is 14.3. The van der Waals surface area contributed by atoms with Gasteiger partial charge in [0.1, 0.15) is 40.7 Å². The van der Waals surface area contributed by atoms with E-state index in [-0.39, 0.29) is 43.5 Å². The normalized spacial score (nSPS) is 18.2. The van der Waals surface area contributed by atoms with E-state index in [0.29, 0.717) is 41.6 Å². The zero-order valence-electron chi connectivity index (χ0n) is 28.7. The number of rotatable bonds is 14. The lowest BCUT2D eigenvalue weighted by Crippen LogP contribution is -2.56. The van der Waals surface area contributed by atoms with Crippen LogP contribution in [-0.2, 0) is 19.1 Å². The molecule has 13 heteroatoms. The quantitative estimate of drug-likeness (QED) is 0.212. The van der Waals surface area contributed by atoms with Crippen molar-refractivity contribution in [3.8, 4) is 5.75 Å². The van der Waals surface area contributed by atoms with Crippen molar-refractivity contribution in [3.05, 3.63) is 45.9 Å². The molecule has 2 heterocycles. The van der Waals surface area contributed by atoms with E-state index in [1.165, 1.54) is 23.3 Å². The van der Waals surface area contributed by atoms with Crippen molar-refractivity contribution < 1.29 is 38.5 Å². The molecule has 1 aromatic heterocycles. The van der Waals surface area contributed by atoms with Crippen LogP contribution < -0.4 is 10.1 Å². The van der Waals surface area contributed by atoms with Gasteiger partial charge in [-0.05, 0) is 71.4 Å². The van der Waals surface area contributed by atoms with E-state index < -0.39 is 29.7 Å². The molecule has 1 aromatic carbocycles. The number of carbonyl (C=O) groups excluding carboxylic acids is 4. The Morgan fingerprint density at radius 3 is 2.54 bits per heavy atom. The molecule has 1 aliphatic heterocycles. The SMILES string of the molecule is C[C@@H](C(=O)N[C@H](C(=O)N1CCC[C@H]1c1nc(C(=O)c2cccc(OCCOCCO)c2)cs1)C1CCCCC1)N(C)C(=O)OC(C)(C)C. The number of thiazole rings is 1. The highest BCUT2D eigenvalue weighted by Crippen LogP contribution is 2.36. The number of nitrogens with zero attached hydrogens (tertiary/aromatic N) is 3. The number of hydrogen-bond acceptors (Lipinski definition) is 10. The van der Waals surface area contributed by atoms with Gasteiger partial charge in [0.2, 0.25) is 17.6 Å². The minimum absolute atomic E-state index is 0.0142. The van der Waals surface area contributed by atoms with Crippen LogP contribution in [0.3, 0.4) is 0 Å². The highest BCUT2D eigenvalue weighted by atomic mass is 32.1. The van der Waals surface area contributed by atoms with Crippen LogP contribution in [0.25, 0.3) is 0 Å². The van der Waals surface area contributed by atoms with Gasteiger partial charge in [-0.15, -0.1) is 11.3 Å². The second kappa shape index (κ2) is 17.2. The molecule has 1 saturated heterocycles. The third kappa shape index (κ3) is 9.99. The molecule has 1 aliphatic carbocycles. The summed E-state index contributed by atoms with van der Waals surface area (Å²) in [6.45, 7) is 8.24. The number of benzene rings is 1. The number of aliphatic hydroxyl groups is 1. The minimum atomic E-state index is -0.843. The Morgan fingerprint density at radius 1 is 1.08 bits per heavy atom. The third-order valence-corrected chi connectivity index (χ3v) is 9.68. The predicted octanol–water partition coefficient (Wildman–Crippen LogP) is 4.75. The Labute approximate surface area is 287 Å². The summed E-state index contributed by atoms with van der Waals surface area (Å²) in [5.41, 5.74) is 0.0298. The molecule has 3 atom stereocenters. The molecule has 48 heavy (non-hydrogen) atoms. The number of ketones is 1. The molecular weight excluding hydrogens is 636 g/mol. The molecule has 2 fully saturated rings. The molecule has 4 rings (SSSR count). The first-order valence-corrected chi connectivity index (χ1v) is 17.8. The largest absolute Gasteiger partial charge is 0.491 e. The maximum atomic E-state index is 14.3. The van der Waals surface area contributed by atoms with E-state index >= 15 is 0 Å². The number of ether oxygens (including phenoxy) is 3. The van der Waals surface area contributed by atoms with Crippen molar-refractivity contribution in [1.82, 2.24) is 20.1 Å². The van der Waals surface area contributed by atoms with Gasteiger partial charge in [0, 0.05) is 24.5 Å². The lowest BCUT2D eigenvalue weighted by atomic mass is 9.83. The van der Waals surface area contributed by atoms with Crippen LogP contribution in [0.2, 0.25) is 0 Å². The van der Waals surface area contributed by atoms with Crippen LogP contribution in [0, 0.1) is 5.92 Å². The van der Waals surface area contributed by atoms with Crippen LogP contribution in [0.5, 0.6) is 5.75 Å². The lowest BCUT2D eigenvalue weighted by Gasteiger charge is -2.36. The highest BCUT2D eigenvalue weighted by Gasteiger charge is 2.41. The summed E-state index contributed by atoms with van der Waals surface area (Å²) in [6, 6.07) is 5.00. The number of carbonyl (C=O) groups is 4. The summed E-state index contributed by atoms with van der Waals surface area (Å²) >= 11 is 1.35. The van der Waals surface area contributed by atoms with E-state index in [4.69, 9.17) is 24.3 Å². The number of likely N-dealkylation sites (N-methyl/N-ethyl adjacent to an activating group) is 1. The van der Waals surface area contributed by atoms with Gasteiger partial charge in [0.15, 0.2) is 0 Å². The topological polar surface area (TPSA) is 148 Å². The van der Waals surface area contributed by atoms with E-state index in [2.05, 4.69) is 5.32 Å². The number of hydrogen-bond donors (Lipinski definition) is 2. The maximum Gasteiger partial charge on any atom is 0.410 e. The van der Waals surface area contributed by atoms with E-state index in [9.17, 15) is 19.2 Å². The molecule has 0 bridgehead atoms. The average Bonchev–Trinajstić information content (AvgIpc) is 3.76. The Balaban J connectivity index is 1.46. The predicted molar refractivity (Wildman–Crippen MR) is 181 cm³/mol. The van der Waals surface area contributed by atoms with Gasteiger partial charge >= 0.3 is 6.09 Å². The van der Waals surface area contributed by atoms with Crippen molar-refractivity contribution in [2.45, 2.75) is 96.4 Å². The van der Waals surface area contributed by atoms with Gasteiger partial charge in [0.05, 0.1) is 25.9 Å². The zero-order valence-corrected chi connectivity index (χ0v) is 29.6. The van der Waals surface area contributed by atoms with Gasteiger partial charge in [-0.25, -0.2) is 9.78 Å². The standard InChI is InChI=1S/C35H50N4O8S/c1-23(38(5)34(44)47-35(2,3)4)31(42)37-29(24-11-7-6-8-12-24)33(43)39-16-10-15-28(39)32-36-27(22-48-32)30(41)25-13-9-14-26(21-25)46-20-19-45-18-17-40/h9,13-14,21-24,28-29,40H,6-8,10-12,15-20H2,1-5H3,(H,37,42)/t23-,28-,29-/m0/s1. The first kappa shape index (κ1) is 37.3. The summed E-state index contributed by atoms with van der Waals surface area (Å²) in [7, 11) is 1.52. The van der Waals surface area contributed by atoms with Gasteiger partial charge in [0.25, 0.3) is 0 Å². The van der Waals surface area contributed by atoms with E-state index in [0.717, 1.165) is 38.5 Å². The van der Waals surface area contributed by atoms with Crippen LogP contribution in [-0.4, -0.2) is 101 Å². The summed E-state index contributed by atoms with van der Waals surface area (Å²) < 4.78 is 16.4. The number of aromatic nitrogens is 1. The summed E-state index contributed by atoms with van der Waals surface area (Å²) in [6.07, 6.45) is 5.62. The van der Waals surface area contributed by atoms with Crippen LogP contribution in [0.15, 0.2) is 29.6 Å². The molecule has 3 amide bonds. The Kier molecular flexibility index (Phi) is 13.4. The molecule has 2 aromatic rings. The number of nitrogens with one attached hydrogen (secondary N) is 1. The van der Waals surface area contributed by atoms with Crippen LogP contribution in [0.1, 0.15) is 99.7 Å². The monoisotopic (exact) mass is 686 g/mol. The van der Waals surface area contributed by atoms with Crippen molar-refractivity contribution >= 4 is 35.0 Å². The highest BCUT2D eigenvalue weighted by molar-refractivity contribution is 7.10. The summed E-state index contributed by atoms with van der Waals surface area (Å²) in [5, 5.41) is 14.3. The minimum Gasteiger partial charge on any atom is -0.491 e. The van der Waals surface area contributed by atoms with Gasteiger partial charge in [-0.3, -0.25) is 19.3 Å². The zero-order chi connectivity index (χ0) is 34.8. The summed E-state index contributed by atoms with van der Waals surface area (Å²) in [5.74, 6) is -0.292. The third-order valence-electron chi connectivity index (χ3n) is 8.73. The fourth-order valence-corrected chi connectivity index (χ4v) is 7.01. The van der Waals surface area contributed by atoms with E-state index in [1.807, 2.05) is 4.90 Å². The molecular formula is C35H50N4O8S. The number of likely N-dealkylation sites (tertiary alicyclic amines) is 1. The molecule has 0 spiro atoms. The van der Waals surface area contributed by atoms with Gasteiger partial charge < -0.3 is 29.5 Å².